The van der Waals surface area contributed by atoms with Crippen LogP contribution in [0.15, 0.2) is 18.2 Å². The van der Waals surface area contributed by atoms with Crippen LogP contribution in [0.25, 0.3) is 0 Å². The molecule has 0 saturated heterocycles. The van der Waals surface area contributed by atoms with E-state index in [9.17, 15) is 9.50 Å². The maximum absolute atomic E-state index is 13.1. The van der Waals surface area contributed by atoms with E-state index >= 15 is 0 Å². The topological polar surface area (TPSA) is 58.3 Å². The summed E-state index contributed by atoms with van der Waals surface area (Å²) in [7, 11) is 0. The number of anilines is 2. The molecule has 0 fully saturated rings. The van der Waals surface area contributed by atoms with Crippen LogP contribution in [0, 0.1) is 5.82 Å². The summed E-state index contributed by atoms with van der Waals surface area (Å²) >= 11 is 0. The van der Waals surface area contributed by atoms with Crippen molar-refractivity contribution in [3.63, 3.8) is 0 Å². The maximum atomic E-state index is 13.1. The smallest absolute Gasteiger partial charge is 0.148 e. The molecule has 2 unspecified atom stereocenters. The van der Waals surface area contributed by atoms with Crippen LogP contribution < -0.4 is 11.1 Å². The zero-order chi connectivity index (χ0) is 11.4. The lowest BCUT2D eigenvalue weighted by Gasteiger charge is -2.18. The summed E-state index contributed by atoms with van der Waals surface area (Å²) < 4.78 is 13.1. The number of aliphatic hydroxyl groups is 1. The van der Waals surface area contributed by atoms with Gasteiger partial charge in [0.25, 0.3) is 0 Å². The standard InChI is InChI=1S/C11H17FN2O/c1-7(6-8(2)15)14-10-5-3-4-9(12)11(10)13/h3-5,7-8,14-15H,6,13H2,1-2H3. The molecule has 0 aromatic heterocycles. The molecule has 0 heterocycles. The number of hydrogen-bond acceptors (Lipinski definition) is 3. The normalized spacial score (nSPS) is 14.7. The number of hydrogen-bond donors (Lipinski definition) is 3. The molecule has 0 bridgehead atoms. The number of nitrogens with two attached hydrogens (primary N) is 1. The molecule has 0 aliphatic carbocycles. The van der Waals surface area contributed by atoms with Gasteiger partial charge in [-0.15, -0.1) is 0 Å². The van der Waals surface area contributed by atoms with Crippen molar-refractivity contribution in [3.8, 4) is 0 Å². The summed E-state index contributed by atoms with van der Waals surface area (Å²) in [5.41, 5.74) is 6.25. The van der Waals surface area contributed by atoms with Gasteiger partial charge in [-0.3, -0.25) is 0 Å². The van der Waals surface area contributed by atoms with Crippen LogP contribution in [0.5, 0.6) is 0 Å². The van der Waals surface area contributed by atoms with E-state index < -0.39 is 5.82 Å². The minimum absolute atomic E-state index is 0.0501. The van der Waals surface area contributed by atoms with Crippen molar-refractivity contribution < 1.29 is 9.50 Å². The SMILES string of the molecule is CC(O)CC(C)Nc1cccc(F)c1N. The van der Waals surface area contributed by atoms with Crippen molar-refractivity contribution in [1.82, 2.24) is 0 Å². The molecule has 2 atom stereocenters. The van der Waals surface area contributed by atoms with Crippen molar-refractivity contribution >= 4 is 11.4 Å². The summed E-state index contributed by atoms with van der Waals surface area (Å²) in [6.07, 6.45) is 0.206. The van der Waals surface area contributed by atoms with E-state index in [1.54, 1.807) is 19.1 Å². The Balaban J connectivity index is 2.68. The van der Waals surface area contributed by atoms with Gasteiger partial charge in [-0.05, 0) is 32.4 Å². The van der Waals surface area contributed by atoms with Gasteiger partial charge in [0.1, 0.15) is 5.82 Å². The second-order valence-corrected chi connectivity index (χ2v) is 3.83. The van der Waals surface area contributed by atoms with Gasteiger partial charge in [-0.1, -0.05) is 6.07 Å². The molecule has 0 aliphatic heterocycles. The van der Waals surface area contributed by atoms with Crippen molar-refractivity contribution in [2.45, 2.75) is 32.4 Å². The van der Waals surface area contributed by atoms with Gasteiger partial charge >= 0.3 is 0 Å². The molecule has 1 aromatic carbocycles. The highest BCUT2D eigenvalue weighted by Crippen LogP contribution is 2.22. The highest BCUT2D eigenvalue weighted by atomic mass is 19.1. The maximum Gasteiger partial charge on any atom is 0.148 e. The van der Waals surface area contributed by atoms with Gasteiger partial charge in [0.2, 0.25) is 0 Å². The monoisotopic (exact) mass is 212 g/mol. The summed E-state index contributed by atoms with van der Waals surface area (Å²) in [6.45, 7) is 3.63. The van der Waals surface area contributed by atoms with Crippen LogP contribution in [-0.4, -0.2) is 17.3 Å². The summed E-state index contributed by atoms with van der Waals surface area (Å²) in [5, 5.41) is 12.2. The van der Waals surface area contributed by atoms with Crippen LogP contribution in [-0.2, 0) is 0 Å². The molecular weight excluding hydrogens is 195 g/mol. The lowest BCUT2D eigenvalue weighted by Crippen LogP contribution is -2.21. The molecular formula is C11H17FN2O. The van der Waals surface area contributed by atoms with E-state index in [0.717, 1.165) is 0 Å². The Kier molecular flexibility index (Phi) is 3.91. The lowest BCUT2D eigenvalue weighted by atomic mass is 10.1. The van der Waals surface area contributed by atoms with Crippen molar-refractivity contribution in [2.75, 3.05) is 11.1 Å². The molecule has 0 radical (unpaired) electrons. The predicted octanol–water partition coefficient (Wildman–Crippen LogP) is 1.98. The molecule has 84 valence electrons. The Morgan fingerprint density at radius 1 is 1.47 bits per heavy atom. The molecule has 0 aliphatic rings. The van der Waals surface area contributed by atoms with Gasteiger partial charge in [0, 0.05) is 6.04 Å². The average Bonchev–Trinajstić information content (AvgIpc) is 2.11. The van der Waals surface area contributed by atoms with Crippen molar-refractivity contribution in [1.29, 1.82) is 0 Å². The van der Waals surface area contributed by atoms with Crippen LogP contribution in [0.3, 0.4) is 0 Å². The Hall–Kier alpha value is -1.29. The third-order valence-electron chi connectivity index (χ3n) is 2.15. The number of aliphatic hydroxyl groups excluding tert-OH is 1. The molecule has 4 N–H and O–H groups in total. The molecule has 0 amide bonds. The number of rotatable bonds is 4. The van der Waals surface area contributed by atoms with Gasteiger partial charge in [0.15, 0.2) is 0 Å². The first-order valence-corrected chi connectivity index (χ1v) is 4.99. The lowest BCUT2D eigenvalue weighted by molar-refractivity contribution is 0.179. The quantitative estimate of drug-likeness (QED) is 0.669. The Morgan fingerprint density at radius 2 is 2.13 bits per heavy atom. The van der Waals surface area contributed by atoms with E-state index in [0.29, 0.717) is 12.1 Å². The molecule has 1 rings (SSSR count). The minimum Gasteiger partial charge on any atom is -0.395 e. The fourth-order valence-electron chi connectivity index (χ4n) is 1.50. The first kappa shape index (κ1) is 11.8. The van der Waals surface area contributed by atoms with Gasteiger partial charge in [0.05, 0.1) is 17.5 Å². The number of halogens is 1. The number of nitrogens with one attached hydrogen (secondary N) is 1. The van der Waals surface area contributed by atoms with Crippen LogP contribution in [0.1, 0.15) is 20.3 Å². The molecule has 0 saturated carbocycles. The van der Waals surface area contributed by atoms with E-state index in [1.807, 2.05) is 6.92 Å². The molecule has 15 heavy (non-hydrogen) atoms. The summed E-state index contributed by atoms with van der Waals surface area (Å²) in [6, 6.07) is 4.69. The Bertz CT molecular complexity index is 328. The summed E-state index contributed by atoms with van der Waals surface area (Å²) in [5.74, 6) is -0.427. The van der Waals surface area contributed by atoms with Crippen LogP contribution in [0.2, 0.25) is 0 Å². The molecule has 4 heteroatoms. The first-order valence-electron chi connectivity index (χ1n) is 4.99. The van der Waals surface area contributed by atoms with Crippen molar-refractivity contribution in [3.05, 3.63) is 24.0 Å². The van der Waals surface area contributed by atoms with E-state index in [4.69, 9.17) is 5.73 Å². The van der Waals surface area contributed by atoms with E-state index in [2.05, 4.69) is 5.32 Å². The van der Waals surface area contributed by atoms with Crippen LogP contribution >= 0.6 is 0 Å². The highest BCUT2D eigenvalue weighted by Gasteiger charge is 2.09. The third-order valence-corrected chi connectivity index (χ3v) is 2.15. The Labute approximate surface area is 89.1 Å². The van der Waals surface area contributed by atoms with Crippen LogP contribution in [0.4, 0.5) is 15.8 Å². The minimum atomic E-state index is -0.427. The largest absolute Gasteiger partial charge is 0.395 e. The van der Waals surface area contributed by atoms with Crippen molar-refractivity contribution in [2.24, 2.45) is 0 Å². The second-order valence-electron chi connectivity index (χ2n) is 3.83. The highest BCUT2D eigenvalue weighted by molar-refractivity contribution is 5.66. The number of benzene rings is 1. The van der Waals surface area contributed by atoms with E-state index in [-0.39, 0.29) is 17.8 Å². The first-order chi connectivity index (χ1) is 7.00. The zero-order valence-electron chi connectivity index (χ0n) is 9.00. The number of para-hydroxylation sites is 1. The Morgan fingerprint density at radius 3 is 2.73 bits per heavy atom. The van der Waals surface area contributed by atoms with Gasteiger partial charge < -0.3 is 16.2 Å². The second kappa shape index (κ2) is 4.98. The van der Waals surface area contributed by atoms with E-state index in [1.165, 1.54) is 6.07 Å². The number of nitrogen functional groups attached to an aromatic ring is 1. The fraction of sp³-hybridized carbons (Fsp3) is 0.455. The molecule has 1 aromatic rings. The zero-order valence-corrected chi connectivity index (χ0v) is 9.00. The third kappa shape index (κ3) is 3.40. The summed E-state index contributed by atoms with van der Waals surface area (Å²) in [4.78, 5) is 0. The molecule has 3 nitrogen and oxygen atoms in total. The predicted molar refractivity (Wildman–Crippen MR) is 60.2 cm³/mol. The van der Waals surface area contributed by atoms with Gasteiger partial charge in [-0.25, -0.2) is 4.39 Å². The fourth-order valence-corrected chi connectivity index (χ4v) is 1.50. The molecule has 0 spiro atoms. The average molecular weight is 212 g/mol. The van der Waals surface area contributed by atoms with Gasteiger partial charge in [-0.2, -0.15) is 0 Å².